The van der Waals surface area contributed by atoms with Crippen LogP contribution in [0.5, 0.6) is 0 Å². The summed E-state index contributed by atoms with van der Waals surface area (Å²) in [6.45, 7) is 6.23. The Labute approximate surface area is 202 Å². The van der Waals surface area contributed by atoms with Gasteiger partial charge in [-0.25, -0.2) is 14.1 Å². The van der Waals surface area contributed by atoms with Gasteiger partial charge in [-0.3, -0.25) is 9.59 Å². The van der Waals surface area contributed by atoms with Crippen molar-refractivity contribution in [3.8, 4) is 11.3 Å². The summed E-state index contributed by atoms with van der Waals surface area (Å²) in [6, 6.07) is 17.4. The van der Waals surface area contributed by atoms with Gasteiger partial charge in [0.05, 0.1) is 11.3 Å². The average Bonchev–Trinajstić information content (AvgIpc) is 3.17. The molecule has 1 aliphatic carbocycles. The van der Waals surface area contributed by atoms with E-state index in [-0.39, 0.29) is 23.4 Å². The second-order valence-electron chi connectivity index (χ2n) is 8.81. The second kappa shape index (κ2) is 8.76. The number of aromatic nitrogens is 4. The van der Waals surface area contributed by atoms with Crippen molar-refractivity contribution in [2.24, 2.45) is 0 Å². The number of rotatable bonds is 6. The van der Waals surface area contributed by atoms with E-state index < -0.39 is 0 Å². The number of nitrogens with one attached hydrogen (secondary N) is 1. The Morgan fingerprint density at radius 3 is 2.59 bits per heavy atom. The Balaban J connectivity index is 1.69. The first-order valence-corrected chi connectivity index (χ1v) is 12.5. The van der Waals surface area contributed by atoms with Crippen molar-refractivity contribution in [3.05, 3.63) is 76.1 Å². The number of amides is 1. The molecular formula is C26H27N5O2S. The lowest BCUT2D eigenvalue weighted by Crippen LogP contribution is -2.38. The minimum Gasteiger partial charge on any atom is -0.324 e. The molecule has 1 aliphatic rings. The lowest BCUT2D eigenvalue weighted by atomic mass is 9.69. The first kappa shape index (κ1) is 22.4. The van der Waals surface area contributed by atoms with Gasteiger partial charge in [0.2, 0.25) is 11.7 Å². The number of thioether (sulfide) groups is 1. The number of hydrogen-bond acceptors (Lipinski definition) is 5. The quantitative estimate of drug-likeness (QED) is 0.416. The van der Waals surface area contributed by atoms with E-state index in [9.17, 15) is 9.59 Å². The highest BCUT2D eigenvalue weighted by Gasteiger charge is 2.38. The largest absolute Gasteiger partial charge is 0.324 e. The third-order valence-corrected chi connectivity index (χ3v) is 7.37. The van der Waals surface area contributed by atoms with E-state index in [4.69, 9.17) is 4.98 Å². The summed E-state index contributed by atoms with van der Waals surface area (Å²) in [5, 5.41) is 8.09. The Morgan fingerprint density at radius 2 is 1.85 bits per heavy atom. The predicted octanol–water partition coefficient (Wildman–Crippen LogP) is 4.53. The number of anilines is 1. The lowest BCUT2D eigenvalue weighted by molar-refractivity contribution is -0.116. The smallest absolute Gasteiger partial charge is 0.265 e. The molecule has 7 nitrogen and oxygen atoms in total. The zero-order valence-electron chi connectivity index (χ0n) is 19.5. The summed E-state index contributed by atoms with van der Waals surface area (Å²) in [7, 11) is 0. The van der Waals surface area contributed by atoms with Crippen LogP contribution < -0.4 is 10.9 Å². The minimum absolute atomic E-state index is 0.0411. The monoisotopic (exact) mass is 473 g/mol. The van der Waals surface area contributed by atoms with Crippen molar-refractivity contribution in [3.63, 3.8) is 0 Å². The number of hydrogen-bond donors (Lipinski definition) is 1. The summed E-state index contributed by atoms with van der Waals surface area (Å²) in [4.78, 5) is 31.8. The van der Waals surface area contributed by atoms with Crippen LogP contribution >= 0.6 is 11.8 Å². The highest BCUT2D eigenvalue weighted by molar-refractivity contribution is 7.99. The summed E-state index contributed by atoms with van der Waals surface area (Å²) < 4.78 is 3.13. The second-order valence-corrected chi connectivity index (χ2v) is 10.0. The fraction of sp³-hybridized carbons (Fsp3) is 0.308. The van der Waals surface area contributed by atoms with Crippen LogP contribution in [0.15, 0.2) is 64.5 Å². The molecule has 2 aromatic carbocycles. The van der Waals surface area contributed by atoms with Gasteiger partial charge >= 0.3 is 0 Å². The first-order chi connectivity index (χ1) is 16.4. The van der Waals surface area contributed by atoms with E-state index in [0.29, 0.717) is 22.3 Å². The van der Waals surface area contributed by atoms with Crippen molar-refractivity contribution in [1.82, 2.24) is 19.2 Å². The van der Waals surface area contributed by atoms with Gasteiger partial charge in [0.1, 0.15) is 6.54 Å². The van der Waals surface area contributed by atoms with Crippen molar-refractivity contribution >= 4 is 29.1 Å². The number of nitrogens with zero attached hydrogens (tertiary/aromatic N) is 4. The molecule has 0 aliphatic heterocycles. The maximum absolute atomic E-state index is 14.0. The summed E-state index contributed by atoms with van der Waals surface area (Å²) in [6.07, 6.45) is 1.61. The molecule has 0 fully saturated rings. The van der Waals surface area contributed by atoms with Crippen LogP contribution in [0.1, 0.15) is 38.3 Å². The molecule has 4 aromatic rings. The fourth-order valence-corrected chi connectivity index (χ4v) is 5.40. The van der Waals surface area contributed by atoms with E-state index in [1.807, 2.05) is 55.5 Å². The van der Waals surface area contributed by atoms with Crippen molar-refractivity contribution < 1.29 is 4.79 Å². The Kier molecular flexibility index (Phi) is 5.77. The van der Waals surface area contributed by atoms with Crippen molar-refractivity contribution in [1.29, 1.82) is 0 Å². The summed E-state index contributed by atoms with van der Waals surface area (Å²) >= 11 is 1.47. The number of carbonyl (C=O) groups is 1. The van der Waals surface area contributed by atoms with Gasteiger partial charge in [-0.15, -0.1) is 5.10 Å². The molecule has 34 heavy (non-hydrogen) atoms. The van der Waals surface area contributed by atoms with E-state index >= 15 is 0 Å². The normalized spacial score (nSPS) is 16.8. The average molecular weight is 474 g/mol. The SMILES string of the molecule is CCSc1nn(CC(=O)Nc2ccccc2)c2nc3c(c(=O)n12)[C@@](C)(CC)Cc1ccccc1-3. The van der Waals surface area contributed by atoms with E-state index in [0.717, 1.165) is 29.7 Å². The van der Waals surface area contributed by atoms with Crippen LogP contribution in [0, 0.1) is 0 Å². The van der Waals surface area contributed by atoms with E-state index in [1.165, 1.54) is 17.3 Å². The van der Waals surface area contributed by atoms with Gasteiger partial charge in [0.15, 0.2) is 5.16 Å². The Hall–Kier alpha value is -3.39. The number of fused-ring (bicyclic) bond motifs is 4. The molecule has 0 bridgehead atoms. The van der Waals surface area contributed by atoms with Crippen LogP contribution in [-0.4, -0.2) is 30.8 Å². The number of carbonyl (C=O) groups excluding carboxylic acids is 1. The predicted molar refractivity (Wildman–Crippen MR) is 135 cm³/mol. The highest BCUT2D eigenvalue weighted by atomic mass is 32.2. The summed E-state index contributed by atoms with van der Waals surface area (Å²) in [5.41, 5.74) is 3.90. The summed E-state index contributed by atoms with van der Waals surface area (Å²) in [5.74, 6) is 0.910. The van der Waals surface area contributed by atoms with E-state index in [1.54, 1.807) is 9.08 Å². The molecule has 8 heteroatoms. The standard InChI is InChI=1S/C26H27N5O2S/c1-4-26(3)15-17-11-9-10-14-19(17)22-21(26)23(33)31-24(28-22)30(29-25(31)34-5-2)16-20(32)27-18-12-7-6-8-13-18/h6-14H,4-5,15-16H2,1-3H3,(H,27,32)/t26-/m0/s1. The van der Waals surface area contributed by atoms with Crippen molar-refractivity contribution in [2.45, 2.75) is 50.7 Å². The van der Waals surface area contributed by atoms with Gasteiger partial charge in [-0.05, 0) is 36.3 Å². The van der Waals surface area contributed by atoms with Gasteiger partial charge in [-0.2, -0.15) is 0 Å². The van der Waals surface area contributed by atoms with Crippen molar-refractivity contribution in [2.75, 3.05) is 11.1 Å². The zero-order chi connectivity index (χ0) is 23.9. The number of para-hydroxylation sites is 1. The molecule has 2 aromatic heterocycles. The van der Waals surface area contributed by atoms with Gasteiger partial charge in [-0.1, -0.05) is 75.0 Å². The van der Waals surface area contributed by atoms with Crippen LogP contribution in [0.4, 0.5) is 5.69 Å². The molecule has 1 atom stereocenters. The molecule has 0 unspecified atom stereocenters. The molecule has 0 radical (unpaired) electrons. The number of benzene rings is 2. The van der Waals surface area contributed by atoms with Crippen LogP contribution in [0.3, 0.4) is 0 Å². The fourth-order valence-electron chi connectivity index (χ4n) is 4.69. The topological polar surface area (TPSA) is 81.3 Å². The molecule has 0 saturated heterocycles. The molecular weight excluding hydrogens is 446 g/mol. The maximum atomic E-state index is 14.0. The third kappa shape index (κ3) is 3.72. The zero-order valence-corrected chi connectivity index (χ0v) is 20.4. The van der Waals surface area contributed by atoms with Gasteiger partial charge < -0.3 is 5.32 Å². The first-order valence-electron chi connectivity index (χ1n) is 11.5. The molecule has 2 heterocycles. The van der Waals surface area contributed by atoms with Crippen LogP contribution in [-0.2, 0) is 23.2 Å². The molecule has 1 amide bonds. The molecule has 0 spiro atoms. The Morgan fingerprint density at radius 1 is 1.12 bits per heavy atom. The molecule has 1 N–H and O–H groups in total. The maximum Gasteiger partial charge on any atom is 0.265 e. The van der Waals surface area contributed by atoms with Crippen LogP contribution in [0.25, 0.3) is 17.0 Å². The third-order valence-electron chi connectivity index (χ3n) is 6.56. The highest BCUT2D eigenvalue weighted by Crippen LogP contribution is 2.42. The van der Waals surface area contributed by atoms with Gasteiger partial charge in [0, 0.05) is 16.7 Å². The molecule has 174 valence electrons. The Bertz CT molecular complexity index is 1440. The van der Waals surface area contributed by atoms with E-state index in [2.05, 4.69) is 30.3 Å². The molecule has 5 rings (SSSR count). The van der Waals surface area contributed by atoms with Gasteiger partial charge in [0.25, 0.3) is 5.56 Å². The van der Waals surface area contributed by atoms with Crippen LogP contribution in [0.2, 0.25) is 0 Å². The lowest BCUT2D eigenvalue weighted by Gasteiger charge is -2.35. The molecule has 0 saturated carbocycles. The minimum atomic E-state index is -0.324.